The third-order valence-electron chi connectivity index (χ3n) is 2.84. The Balaban J connectivity index is 2.09. The standard InChI is InChI=1S/C15H19BrN2OS/c1-10(2)15-18-12(9-20-15)8-19-14-11(7-17-3)5-4-6-13(14)16/h4-6,9-10,17H,7-8H2,1-3H3. The second-order valence-corrected chi connectivity index (χ2v) is 6.62. The molecule has 1 aromatic carbocycles. The van der Waals surface area contributed by atoms with Crippen LogP contribution in [0.5, 0.6) is 5.75 Å². The van der Waals surface area contributed by atoms with Gasteiger partial charge in [0.05, 0.1) is 15.2 Å². The minimum absolute atomic E-state index is 0.470. The van der Waals surface area contributed by atoms with Crippen LogP contribution in [0.1, 0.15) is 36.0 Å². The summed E-state index contributed by atoms with van der Waals surface area (Å²) < 4.78 is 6.93. The first-order valence-corrected chi connectivity index (χ1v) is 8.28. The van der Waals surface area contributed by atoms with E-state index in [-0.39, 0.29) is 0 Å². The normalized spacial score (nSPS) is 11.1. The van der Waals surface area contributed by atoms with E-state index in [0.29, 0.717) is 12.5 Å². The molecule has 0 amide bonds. The highest BCUT2D eigenvalue weighted by atomic mass is 79.9. The summed E-state index contributed by atoms with van der Waals surface area (Å²) in [5.74, 6) is 1.36. The Morgan fingerprint density at radius 1 is 1.40 bits per heavy atom. The first-order chi connectivity index (χ1) is 9.61. The molecule has 0 radical (unpaired) electrons. The Kier molecular flexibility index (Phi) is 5.57. The highest BCUT2D eigenvalue weighted by Gasteiger charge is 2.10. The Labute approximate surface area is 132 Å². The summed E-state index contributed by atoms with van der Waals surface area (Å²) in [4.78, 5) is 4.59. The zero-order valence-corrected chi connectivity index (χ0v) is 14.3. The number of para-hydroxylation sites is 1. The van der Waals surface area contributed by atoms with Gasteiger partial charge in [0.15, 0.2) is 0 Å². The Morgan fingerprint density at radius 3 is 2.85 bits per heavy atom. The van der Waals surface area contributed by atoms with Crippen molar-refractivity contribution in [3.05, 3.63) is 44.3 Å². The van der Waals surface area contributed by atoms with Crippen molar-refractivity contribution < 1.29 is 4.74 Å². The van der Waals surface area contributed by atoms with Crippen LogP contribution in [0.2, 0.25) is 0 Å². The van der Waals surface area contributed by atoms with Gasteiger partial charge < -0.3 is 10.1 Å². The molecule has 3 nitrogen and oxygen atoms in total. The van der Waals surface area contributed by atoms with Crippen molar-refractivity contribution in [1.29, 1.82) is 0 Å². The molecule has 0 unspecified atom stereocenters. The number of ether oxygens (including phenoxy) is 1. The Hall–Kier alpha value is -0.910. The zero-order valence-electron chi connectivity index (χ0n) is 11.9. The maximum absolute atomic E-state index is 5.96. The van der Waals surface area contributed by atoms with Gasteiger partial charge in [-0.3, -0.25) is 0 Å². The highest BCUT2D eigenvalue weighted by Crippen LogP contribution is 2.30. The third kappa shape index (κ3) is 3.81. The van der Waals surface area contributed by atoms with Gasteiger partial charge in [0.2, 0.25) is 0 Å². The van der Waals surface area contributed by atoms with Crippen LogP contribution >= 0.6 is 27.3 Å². The molecule has 2 aromatic rings. The molecule has 1 aromatic heterocycles. The minimum Gasteiger partial charge on any atom is -0.486 e. The lowest BCUT2D eigenvalue weighted by Crippen LogP contribution is -2.08. The lowest BCUT2D eigenvalue weighted by molar-refractivity contribution is 0.296. The van der Waals surface area contributed by atoms with Crippen LogP contribution in [-0.4, -0.2) is 12.0 Å². The van der Waals surface area contributed by atoms with Crippen LogP contribution in [0.3, 0.4) is 0 Å². The molecule has 0 bridgehead atoms. The lowest BCUT2D eigenvalue weighted by atomic mass is 10.2. The molecule has 20 heavy (non-hydrogen) atoms. The van der Waals surface area contributed by atoms with E-state index in [1.165, 1.54) is 0 Å². The molecule has 0 saturated carbocycles. The summed E-state index contributed by atoms with van der Waals surface area (Å²) in [7, 11) is 1.93. The first kappa shape index (κ1) is 15.5. The quantitative estimate of drug-likeness (QED) is 0.838. The predicted octanol–water partition coefficient (Wildman–Crippen LogP) is 4.33. The molecule has 2 rings (SSSR count). The van der Waals surface area contributed by atoms with Crippen molar-refractivity contribution in [1.82, 2.24) is 10.3 Å². The van der Waals surface area contributed by atoms with Crippen molar-refractivity contribution >= 4 is 27.3 Å². The maximum Gasteiger partial charge on any atom is 0.138 e. The van der Waals surface area contributed by atoms with Gasteiger partial charge in [-0.05, 0) is 29.0 Å². The lowest BCUT2D eigenvalue weighted by Gasteiger charge is -2.12. The van der Waals surface area contributed by atoms with Gasteiger partial charge in [-0.2, -0.15) is 0 Å². The van der Waals surface area contributed by atoms with Crippen molar-refractivity contribution in [2.24, 2.45) is 0 Å². The fraction of sp³-hybridized carbons (Fsp3) is 0.400. The molecule has 0 fully saturated rings. The van der Waals surface area contributed by atoms with Gasteiger partial charge >= 0.3 is 0 Å². The fourth-order valence-electron chi connectivity index (χ4n) is 1.85. The third-order valence-corrected chi connectivity index (χ3v) is 4.66. The van der Waals surface area contributed by atoms with Crippen LogP contribution in [0, 0.1) is 0 Å². The molecule has 5 heteroatoms. The van der Waals surface area contributed by atoms with Gasteiger partial charge in [-0.1, -0.05) is 26.0 Å². The molecule has 0 aliphatic heterocycles. The summed E-state index contributed by atoms with van der Waals surface area (Å²) in [6, 6.07) is 6.08. The van der Waals surface area contributed by atoms with E-state index in [1.54, 1.807) is 11.3 Å². The summed E-state index contributed by atoms with van der Waals surface area (Å²) in [5, 5.41) is 6.39. The Morgan fingerprint density at radius 2 is 2.20 bits per heavy atom. The summed E-state index contributed by atoms with van der Waals surface area (Å²) in [5.41, 5.74) is 2.13. The number of hydrogen-bond donors (Lipinski definition) is 1. The molecular formula is C15H19BrN2OS. The van der Waals surface area contributed by atoms with E-state index in [0.717, 1.165) is 33.0 Å². The van der Waals surface area contributed by atoms with Crippen molar-refractivity contribution in [2.45, 2.75) is 32.9 Å². The molecule has 0 atom stereocenters. The SMILES string of the molecule is CNCc1cccc(Br)c1OCc1csc(C(C)C)n1. The van der Waals surface area contributed by atoms with Gasteiger partial charge in [0.1, 0.15) is 12.4 Å². The van der Waals surface area contributed by atoms with Gasteiger partial charge in [0.25, 0.3) is 0 Å². The number of thiazole rings is 1. The number of halogens is 1. The fourth-order valence-corrected chi connectivity index (χ4v) is 3.19. The second kappa shape index (κ2) is 7.20. The number of rotatable bonds is 6. The number of aromatic nitrogens is 1. The smallest absolute Gasteiger partial charge is 0.138 e. The average Bonchev–Trinajstić information content (AvgIpc) is 2.87. The summed E-state index contributed by atoms with van der Waals surface area (Å²) in [6.07, 6.45) is 0. The average molecular weight is 355 g/mol. The predicted molar refractivity (Wildman–Crippen MR) is 87.4 cm³/mol. The van der Waals surface area contributed by atoms with Crippen molar-refractivity contribution in [2.75, 3.05) is 7.05 Å². The van der Waals surface area contributed by atoms with E-state index in [4.69, 9.17) is 4.74 Å². The van der Waals surface area contributed by atoms with E-state index in [9.17, 15) is 0 Å². The van der Waals surface area contributed by atoms with Crippen LogP contribution in [0.4, 0.5) is 0 Å². The van der Waals surface area contributed by atoms with E-state index in [2.05, 4.69) is 51.5 Å². The maximum atomic E-state index is 5.96. The molecule has 108 valence electrons. The van der Waals surface area contributed by atoms with Crippen LogP contribution < -0.4 is 10.1 Å². The summed E-state index contributed by atoms with van der Waals surface area (Å²) >= 11 is 5.24. The van der Waals surface area contributed by atoms with E-state index < -0.39 is 0 Å². The molecular weight excluding hydrogens is 336 g/mol. The van der Waals surface area contributed by atoms with Gasteiger partial charge in [-0.25, -0.2) is 4.98 Å². The molecule has 1 heterocycles. The number of nitrogens with one attached hydrogen (secondary N) is 1. The molecule has 0 spiro atoms. The monoisotopic (exact) mass is 354 g/mol. The van der Waals surface area contributed by atoms with Crippen molar-refractivity contribution in [3.63, 3.8) is 0 Å². The van der Waals surface area contributed by atoms with Crippen LogP contribution in [-0.2, 0) is 13.2 Å². The minimum atomic E-state index is 0.470. The van der Waals surface area contributed by atoms with Crippen LogP contribution in [0.15, 0.2) is 28.1 Å². The van der Waals surface area contributed by atoms with E-state index in [1.807, 2.05) is 19.2 Å². The number of nitrogens with zero attached hydrogens (tertiary/aromatic N) is 1. The van der Waals surface area contributed by atoms with Gasteiger partial charge in [-0.15, -0.1) is 11.3 Å². The van der Waals surface area contributed by atoms with Crippen molar-refractivity contribution in [3.8, 4) is 5.75 Å². The topological polar surface area (TPSA) is 34.1 Å². The summed E-state index contributed by atoms with van der Waals surface area (Å²) in [6.45, 7) is 5.59. The Bertz CT molecular complexity index is 569. The molecule has 0 aliphatic carbocycles. The number of hydrogen-bond acceptors (Lipinski definition) is 4. The molecule has 1 N–H and O–H groups in total. The highest BCUT2D eigenvalue weighted by molar-refractivity contribution is 9.10. The molecule has 0 aliphatic rings. The molecule has 0 saturated heterocycles. The van der Waals surface area contributed by atoms with Gasteiger partial charge in [0, 0.05) is 23.4 Å². The van der Waals surface area contributed by atoms with E-state index >= 15 is 0 Å². The zero-order chi connectivity index (χ0) is 14.5. The first-order valence-electron chi connectivity index (χ1n) is 6.61. The second-order valence-electron chi connectivity index (χ2n) is 4.88. The number of benzene rings is 1. The largest absolute Gasteiger partial charge is 0.486 e. The van der Waals surface area contributed by atoms with Crippen LogP contribution in [0.25, 0.3) is 0 Å².